The van der Waals surface area contributed by atoms with Gasteiger partial charge in [-0.25, -0.2) is 9.18 Å². The Morgan fingerprint density at radius 2 is 1.96 bits per heavy atom. The molecule has 0 spiro atoms. The number of carbonyl (C=O) groups is 2. The summed E-state index contributed by atoms with van der Waals surface area (Å²) in [5.41, 5.74) is 1.72. The normalized spacial score (nSPS) is 10.6. The Balaban J connectivity index is 1.62. The topological polar surface area (TPSA) is 55.4 Å². The fraction of sp³-hybridized carbons (Fsp3) is 0.158. The molecule has 128 valence electrons. The van der Waals surface area contributed by atoms with Gasteiger partial charge in [-0.3, -0.25) is 4.79 Å². The van der Waals surface area contributed by atoms with Crippen molar-refractivity contribution in [3.8, 4) is 0 Å². The Morgan fingerprint density at radius 1 is 1.16 bits per heavy atom. The number of hydrogen-bond acceptors (Lipinski definition) is 4. The molecule has 0 bridgehead atoms. The summed E-state index contributed by atoms with van der Waals surface area (Å²) in [7, 11) is 0. The second-order valence-corrected chi connectivity index (χ2v) is 6.51. The van der Waals surface area contributed by atoms with E-state index in [1.165, 1.54) is 23.5 Å². The van der Waals surface area contributed by atoms with Crippen LogP contribution >= 0.6 is 11.3 Å². The summed E-state index contributed by atoms with van der Waals surface area (Å²) >= 11 is 1.20. The third-order valence-electron chi connectivity index (χ3n) is 3.69. The summed E-state index contributed by atoms with van der Waals surface area (Å²) < 4.78 is 19.1. The molecule has 0 unspecified atom stereocenters. The number of aryl methyl sites for hydroxylation is 1. The second kappa shape index (κ2) is 7.44. The summed E-state index contributed by atoms with van der Waals surface area (Å²) in [6.45, 7) is 1.62. The molecule has 3 rings (SSSR count). The summed E-state index contributed by atoms with van der Waals surface area (Å²) in [4.78, 5) is 24.4. The number of ether oxygens (including phenoxy) is 1. The van der Waals surface area contributed by atoms with Gasteiger partial charge < -0.3 is 10.1 Å². The van der Waals surface area contributed by atoms with Crippen molar-refractivity contribution in [2.75, 3.05) is 11.9 Å². The molecule has 0 saturated carbocycles. The number of hydrogen-bond donors (Lipinski definition) is 1. The van der Waals surface area contributed by atoms with Gasteiger partial charge in [0.1, 0.15) is 10.7 Å². The average Bonchev–Trinajstić information content (AvgIpc) is 3.03. The molecule has 0 atom stereocenters. The van der Waals surface area contributed by atoms with Gasteiger partial charge in [0.15, 0.2) is 6.61 Å². The molecule has 25 heavy (non-hydrogen) atoms. The van der Waals surface area contributed by atoms with Crippen LogP contribution < -0.4 is 5.32 Å². The van der Waals surface area contributed by atoms with E-state index >= 15 is 0 Å². The van der Waals surface area contributed by atoms with E-state index in [1.807, 2.05) is 25.1 Å². The van der Waals surface area contributed by atoms with E-state index in [0.29, 0.717) is 16.0 Å². The van der Waals surface area contributed by atoms with E-state index in [9.17, 15) is 14.0 Å². The monoisotopic (exact) mass is 357 g/mol. The van der Waals surface area contributed by atoms with Gasteiger partial charge >= 0.3 is 5.97 Å². The molecule has 1 aromatic heterocycles. The number of amides is 1. The molecule has 1 N–H and O–H groups in total. The van der Waals surface area contributed by atoms with Crippen LogP contribution in [0.2, 0.25) is 0 Å². The first-order chi connectivity index (χ1) is 12.1. The Bertz CT molecular complexity index is 935. The van der Waals surface area contributed by atoms with E-state index in [2.05, 4.69) is 5.32 Å². The molecule has 0 radical (unpaired) electrons. The third-order valence-corrected chi connectivity index (χ3v) is 4.78. The van der Waals surface area contributed by atoms with Crippen molar-refractivity contribution in [3.05, 3.63) is 64.8 Å². The van der Waals surface area contributed by atoms with Crippen LogP contribution in [0.15, 0.2) is 48.5 Å². The molecule has 4 nitrogen and oxygen atoms in total. The SMILES string of the molecule is CCc1ccccc1NC(=O)COC(=O)c1cc2cc(F)ccc2s1. The molecule has 0 aliphatic rings. The minimum atomic E-state index is -0.597. The standard InChI is InChI=1S/C19H16FNO3S/c1-2-12-5-3-4-6-15(12)21-18(22)11-24-19(23)17-10-13-9-14(20)7-8-16(13)25-17/h3-10H,2,11H2,1H3,(H,21,22). The van der Waals surface area contributed by atoms with Crippen molar-refractivity contribution in [3.63, 3.8) is 0 Å². The van der Waals surface area contributed by atoms with Gasteiger partial charge in [0.05, 0.1) is 0 Å². The fourth-order valence-electron chi connectivity index (χ4n) is 2.45. The Kier molecular flexibility index (Phi) is 5.09. The quantitative estimate of drug-likeness (QED) is 0.689. The lowest BCUT2D eigenvalue weighted by Gasteiger charge is -2.09. The highest BCUT2D eigenvalue weighted by atomic mass is 32.1. The van der Waals surface area contributed by atoms with Crippen LogP contribution in [-0.4, -0.2) is 18.5 Å². The zero-order valence-electron chi connectivity index (χ0n) is 13.5. The van der Waals surface area contributed by atoms with E-state index < -0.39 is 11.9 Å². The van der Waals surface area contributed by atoms with Crippen molar-refractivity contribution >= 4 is 39.0 Å². The molecule has 0 saturated heterocycles. The maximum atomic E-state index is 13.2. The highest BCUT2D eigenvalue weighted by Gasteiger charge is 2.14. The zero-order valence-corrected chi connectivity index (χ0v) is 14.4. The molecule has 0 aliphatic carbocycles. The van der Waals surface area contributed by atoms with Gasteiger partial charge in [-0.1, -0.05) is 25.1 Å². The maximum absolute atomic E-state index is 13.2. The Morgan fingerprint density at radius 3 is 2.76 bits per heavy atom. The predicted molar refractivity (Wildman–Crippen MR) is 96.5 cm³/mol. The molecule has 0 aliphatic heterocycles. The second-order valence-electron chi connectivity index (χ2n) is 5.43. The van der Waals surface area contributed by atoms with Crippen LogP contribution in [-0.2, 0) is 16.0 Å². The fourth-order valence-corrected chi connectivity index (χ4v) is 3.39. The van der Waals surface area contributed by atoms with Crippen LogP contribution in [0.3, 0.4) is 0 Å². The maximum Gasteiger partial charge on any atom is 0.348 e. The molecule has 1 heterocycles. The van der Waals surface area contributed by atoms with Gasteiger partial charge in [-0.2, -0.15) is 0 Å². The average molecular weight is 357 g/mol. The van der Waals surface area contributed by atoms with E-state index in [4.69, 9.17) is 4.74 Å². The number of rotatable bonds is 5. The first kappa shape index (κ1) is 17.1. The van der Waals surface area contributed by atoms with E-state index in [0.717, 1.165) is 16.7 Å². The summed E-state index contributed by atoms with van der Waals surface area (Å²) in [5, 5.41) is 3.38. The highest BCUT2D eigenvalue weighted by Crippen LogP contribution is 2.26. The number of anilines is 1. The number of esters is 1. The van der Waals surface area contributed by atoms with Crippen LogP contribution in [0.1, 0.15) is 22.2 Å². The van der Waals surface area contributed by atoms with Crippen LogP contribution in [0.25, 0.3) is 10.1 Å². The number of benzene rings is 2. The number of nitrogens with one attached hydrogen (secondary N) is 1. The number of para-hydroxylation sites is 1. The molecule has 2 aromatic carbocycles. The summed E-state index contributed by atoms with van der Waals surface area (Å²) in [6, 6.07) is 13.3. The first-order valence-electron chi connectivity index (χ1n) is 7.81. The first-order valence-corrected chi connectivity index (χ1v) is 8.62. The molecule has 3 aromatic rings. The lowest BCUT2D eigenvalue weighted by atomic mass is 10.1. The van der Waals surface area contributed by atoms with Crippen molar-refractivity contribution in [1.82, 2.24) is 0 Å². The van der Waals surface area contributed by atoms with Crippen molar-refractivity contribution < 1.29 is 18.7 Å². The molecule has 6 heteroatoms. The third kappa shape index (κ3) is 4.03. The number of carbonyl (C=O) groups excluding carboxylic acids is 2. The van der Waals surface area contributed by atoms with Gasteiger partial charge in [0, 0.05) is 10.4 Å². The van der Waals surface area contributed by atoms with Crippen LogP contribution in [0.5, 0.6) is 0 Å². The molecular weight excluding hydrogens is 341 g/mol. The van der Waals surface area contributed by atoms with Crippen molar-refractivity contribution in [1.29, 1.82) is 0 Å². The zero-order chi connectivity index (χ0) is 17.8. The summed E-state index contributed by atoms with van der Waals surface area (Å²) in [5.74, 6) is -1.36. The summed E-state index contributed by atoms with van der Waals surface area (Å²) in [6.07, 6.45) is 0.786. The van der Waals surface area contributed by atoms with Crippen molar-refractivity contribution in [2.24, 2.45) is 0 Å². The Hall–Kier alpha value is -2.73. The highest BCUT2D eigenvalue weighted by molar-refractivity contribution is 7.20. The van der Waals surface area contributed by atoms with Gasteiger partial charge in [0.25, 0.3) is 5.91 Å². The lowest BCUT2D eigenvalue weighted by molar-refractivity contribution is -0.119. The molecule has 0 fully saturated rings. The lowest BCUT2D eigenvalue weighted by Crippen LogP contribution is -2.21. The van der Waals surface area contributed by atoms with Gasteiger partial charge in [0.2, 0.25) is 0 Å². The molecular formula is C19H16FNO3S. The van der Waals surface area contributed by atoms with Gasteiger partial charge in [-0.05, 0) is 47.7 Å². The predicted octanol–water partition coefficient (Wildman–Crippen LogP) is 4.40. The number of fused-ring (bicyclic) bond motifs is 1. The minimum absolute atomic E-state index is 0.336. The Labute approximate surface area is 148 Å². The largest absolute Gasteiger partial charge is 0.451 e. The molecule has 1 amide bonds. The number of halogens is 1. The minimum Gasteiger partial charge on any atom is -0.451 e. The number of thiophene rings is 1. The van der Waals surface area contributed by atoms with Crippen LogP contribution in [0, 0.1) is 5.82 Å². The van der Waals surface area contributed by atoms with E-state index in [-0.39, 0.29) is 12.4 Å². The van der Waals surface area contributed by atoms with Crippen LogP contribution in [0.4, 0.5) is 10.1 Å². The van der Waals surface area contributed by atoms with E-state index in [1.54, 1.807) is 18.2 Å². The van der Waals surface area contributed by atoms with Crippen molar-refractivity contribution in [2.45, 2.75) is 13.3 Å². The smallest absolute Gasteiger partial charge is 0.348 e. The van der Waals surface area contributed by atoms with Gasteiger partial charge in [-0.15, -0.1) is 11.3 Å².